The van der Waals surface area contributed by atoms with Gasteiger partial charge in [0.25, 0.3) is 0 Å². The smallest absolute Gasteiger partial charge is 0.00401 e. The number of allylic oxidation sites excluding steroid dienone is 17. The van der Waals surface area contributed by atoms with E-state index in [1.54, 1.807) is 0 Å². The van der Waals surface area contributed by atoms with Gasteiger partial charge in [-0.1, -0.05) is 284 Å². The quantitative estimate of drug-likeness (QED) is 0.140. The highest BCUT2D eigenvalue weighted by Gasteiger charge is 2.12. The Bertz CT molecular complexity index is 3020. The van der Waals surface area contributed by atoms with E-state index >= 15 is 0 Å². The van der Waals surface area contributed by atoms with Gasteiger partial charge in [0.1, 0.15) is 0 Å². The van der Waals surface area contributed by atoms with Crippen LogP contribution in [-0.4, -0.2) is 0 Å². The molecule has 4 aliphatic carbocycles. The summed E-state index contributed by atoms with van der Waals surface area (Å²) in [5, 5.41) is 0. The van der Waals surface area contributed by atoms with Crippen LogP contribution in [0.1, 0.15) is 153 Å². The lowest BCUT2D eigenvalue weighted by atomic mass is 9.93. The molecule has 0 aromatic heterocycles. The van der Waals surface area contributed by atoms with Crippen molar-refractivity contribution in [2.24, 2.45) is 0 Å². The molecule has 0 heteroatoms. The van der Waals surface area contributed by atoms with Crippen molar-refractivity contribution in [3.8, 4) is 22.3 Å². The first-order chi connectivity index (χ1) is 37.9. The molecule has 10 rings (SSSR count). The zero-order valence-electron chi connectivity index (χ0n) is 51.1. The van der Waals surface area contributed by atoms with Gasteiger partial charge in [0.05, 0.1) is 0 Å². The molecule has 0 atom stereocenters. The van der Waals surface area contributed by atoms with Crippen molar-refractivity contribution in [2.75, 3.05) is 0 Å². The van der Waals surface area contributed by atoms with Crippen LogP contribution in [0.25, 0.3) is 33.4 Å². The minimum Gasteiger partial charge on any atom is -0.0955 e. The van der Waals surface area contributed by atoms with Crippen molar-refractivity contribution in [3.63, 3.8) is 0 Å². The molecular formula is C78H96. The normalized spacial score (nSPS) is 12.7. The third kappa shape index (κ3) is 23.0. The van der Waals surface area contributed by atoms with Gasteiger partial charge in [-0.2, -0.15) is 0 Å². The van der Waals surface area contributed by atoms with Gasteiger partial charge in [-0.05, 0) is 195 Å². The molecular weight excluding hydrogens is 937 g/mol. The van der Waals surface area contributed by atoms with E-state index in [-0.39, 0.29) is 0 Å². The summed E-state index contributed by atoms with van der Waals surface area (Å²) in [6.07, 6.45) is 28.4. The average molecular weight is 1030 g/mol. The zero-order valence-corrected chi connectivity index (χ0v) is 51.1. The van der Waals surface area contributed by atoms with Crippen LogP contribution in [0.2, 0.25) is 0 Å². The summed E-state index contributed by atoms with van der Waals surface area (Å²) in [7, 11) is 0. The predicted octanol–water partition coefficient (Wildman–Crippen LogP) is 23.8. The Labute approximate surface area is 476 Å². The third-order valence-electron chi connectivity index (χ3n) is 12.7. The maximum atomic E-state index is 3.79. The molecule has 0 aliphatic heterocycles. The highest BCUT2D eigenvalue weighted by atomic mass is 14.2. The molecule has 0 fully saturated rings. The van der Waals surface area contributed by atoms with Crippen molar-refractivity contribution in [3.05, 3.63) is 297 Å². The monoisotopic (exact) mass is 1030 g/mol. The lowest BCUT2D eigenvalue weighted by Gasteiger charge is -2.12. The molecule has 0 amide bonds. The lowest BCUT2D eigenvalue weighted by molar-refractivity contribution is 1.02. The first kappa shape index (κ1) is 66.7. The number of hydrogen-bond donors (Lipinski definition) is 0. The van der Waals surface area contributed by atoms with Gasteiger partial charge in [-0.3, -0.25) is 0 Å². The molecule has 0 unspecified atom stereocenters. The summed E-state index contributed by atoms with van der Waals surface area (Å²) in [5.41, 5.74) is 31.2. The molecule has 0 nitrogen and oxygen atoms in total. The Morgan fingerprint density at radius 3 is 1.62 bits per heavy atom. The van der Waals surface area contributed by atoms with E-state index in [1.165, 1.54) is 114 Å². The Morgan fingerprint density at radius 2 is 1.09 bits per heavy atom. The highest BCUT2D eigenvalue weighted by Crippen LogP contribution is 2.34. The van der Waals surface area contributed by atoms with Gasteiger partial charge in [-0.15, -0.1) is 0 Å². The average Bonchev–Trinajstić information content (AvgIpc) is 4.18. The number of benzene rings is 6. The van der Waals surface area contributed by atoms with E-state index in [4.69, 9.17) is 0 Å². The van der Waals surface area contributed by atoms with E-state index in [2.05, 4.69) is 268 Å². The van der Waals surface area contributed by atoms with Gasteiger partial charge in [0.2, 0.25) is 0 Å². The molecule has 0 spiro atoms. The summed E-state index contributed by atoms with van der Waals surface area (Å²) in [4.78, 5) is 0. The zero-order chi connectivity index (χ0) is 57.7. The van der Waals surface area contributed by atoms with E-state index in [1.807, 2.05) is 66.7 Å². The molecule has 0 saturated heterocycles. The molecule has 0 heterocycles. The Hall–Kier alpha value is -7.46. The molecule has 0 bridgehead atoms. The topological polar surface area (TPSA) is 0 Å². The van der Waals surface area contributed by atoms with Gasteiger partial charge in [0, 0.05) is 0 Å². The van der Waals surface area contributed by atoms with Crippen LogP contribution in [0.15, 0.2) is 252 Å². The van der Waals surface area contributed by atoms with Gasteiger partial charge < -0.3 is 0 Å². The van der Waals surface area contributed by atoms with Crippen LogP contribution in [0.5, 0.6) is 0 Å². The molecule has 4 aliphatic rings. The number of aryl methyl sites for hydroxylation is 5. The van der Waals surface area contributed by atoms with Crippen LogP contribution < -0.4 is 0 Å². The summed E-state index contributed by atoms with van der Waals surface area (Å²) in [5.74, 6) is 0. The minimum atomic E-state index is 1.07. The van der Waals surface area contributed by atoms with E-state index in [9.17, 15) is 0 Å². The second-order valence-corrected chi connectivity index (χ2v) is 19.1. The summed E-state index contributed by atoms with van der Waals surface area (Å²) < 4.78 is 0. The lowest BCUT2D eigenvalue weighted by Crippen LogP contribution is -1.90. The summed E-state index contributed by atoms with van der Waals surface area (Å²) in [6.45, 7) is 37.3. The second kappa shape index (κ2) is 39.0. The van der Waals surface area contributed by atoms with E-state index in [0.717, 1.165) is 30.4 Å². The number of hydrogen-bond acceptors (Lipinski definition) is 0. The van der Waals surface area contributed by atoms with Crippen molar-refractivity contribution in [1.29, 1.82) is 0 Å². The van der Waals surface area contributed by atoms with Gasteiger partial charge in [-0.25, -0.2) is 0 Å². The van der Waals surface area contributed by atoms with E-state index in [0.29, 0.717) is 0 Å². The van der Waals surface area contributed by atoms with Crippen molar-refractivity contribution < 1.29 is 0 Å². The van der Waals surface area contributed by atoms with Gasteiger partial charge >= 0.3 is 0 Å². The van der Waals surface area contributed by atoms with Crippen LogP contribution in [0.3, 0.4) is 0 Å². The molecule has 6 aromatic rings. The van der Waals surface area contributed by atoms with Crippen LogP contribution in [-0.2, 0) is 6.42 Å². The molecule has 78 heavy (non-hydrogen) atoms. The van der Waals surface area contributed by atoms with Crippen molar-refractivity contribution in [1.82, 2.24) is 0 Å². The summed E-state index contributed by atoms with van der Waals surface area (Å²) >= 11 is 0. The van der Waals surface area contributed by atoms with Crippen molar-refractivity contribution >= 4 is 11.1 Å². The number of rotatable bonds is 7. The Morgan fingerprint density at radius 1 is 0.526 bits per heavy atom. The fourth-order valence-electron chi connectivity index (χ4n) is 8.71. The van der Waals surface area contributed by atoms with Crippen molar-refractivity contribution in [2.45, 2.75) is 149 Å². The van der Waals surface area contributed by atoms with Crippen LogP contribution in [0.4, 0.5) is 0 Å². The fraction of sp³-hybridized carbons (Fsp3) is 0.282. The first-order valence-corrected chi connectivity index (χ1v) is 28.9. The predicted molar refractivity (Wildman–Crippen MR) is 352 cm³/mol. The second-order valence-electron chi connectivity index (χ2n) is 19.1. The molecule has 0 saturated carbocycles. The maximum absolute atomic E-state index is 3.79. The highest BCUT2D eigenvalue weighted by molar-refractivity contribution is 5.83. The molecule has 6 aromatic carbocycles. The Kier molecular flexibility index (Phi) is 33.3. The standard InChI is InChI=1S/C20H20.C15H16.C13H14.C12H12.C9H8.C3H8.3C2H6/c1-14-7-10-17(11-8-14)18-12-9-16(3)20(13-18)19-6-4-5-15(19)2;1-11-7-4-5-10-14(11)15-12(2)8-6-9-13(15)3;1-11-7-5-6-10-13(11)12-8-3-2-4-9-12;1-2-6-11(7-3-1)10-12-8-4-5-9-12;1-8(2)9-6-4-3-5-7-9;1-3-2;3*1-2/h4,6-13H,5H2,1-3H3;4-10H,1-3H3;2-4,7-10H,5-6H2,1H3;1-8H,9-10H2;4,6-7H,1H2,2H3;3H2,1-2H3;3*1-2H3. The van der Waals surface area contributed by atoms with Gasteiger partial charge in [0.15, 0.2) is 0 Å². The third-order valence-corrected chi connectivity index (χ3v) is 12.7. The van der Waals surface area contributed by atoms with Crippen LogP contribution >= 0.6 is 0 Å². The minimum absolute atomic E-state index is 1.07. The fourth-order valence-corrected chi connectivity index (χ4v) is 8.71. The SMILES string of the molecule is C1=CCC(Cc2ccccc2)=C1.C=C(C)C1=CC=C=C=C1.CC.CC.CC.CC1=C(c2cc(-c3ccc(C)cc3)ccc2C)C=CC1.CC1=CCCC=C1c1ccccc1.CCC.Cc1ccccc1-c1c(C)cccc1C. The summed E-state index contributed by atoms with van der Waals surface area (Å²) in [6, 6.07) is 51.8. The molecule has 0 radical (unpaired) electrons. The maximum Gasteiger partial charge on any atom is -0.00401 e. The Balaban J connectivity index is 0.000000327. The van der Waals surface area contributed by atoms with E-state index < -0.39 is 0 Å². The largest absolute Gasteiger partial charge is 0.0955 e. The molecule has 0 N–H and O–H groups in total. The molecule has 408 valence electrons. The first-order valence-electron chi connectivity index (χ1n) is 28.9. The van der Waals surface area contributed by atoms with Crippen LogP contribution in [0, 0.1) is 34.6 Å².